The Morgan fingerprint density at radius 1 is 1.14 bits per heavy atom. The van der Waals surface area contributed by atoms with E-state index >= 15 is 0 Å². The van der Waals surface area contributed by atoms with Gasteiger partial charge in [0.1, 0.15) is 17.7 Å². The fraction of sp³-hybridized carbons (Fsp3) is 0.487. The third-order valence-electron chi connectivity index (χ3n) is 10.6. The lowest BCUT2D eigenvalue weighted by atomic mass is 9.70. The number of likely N-dealkylation sites (tertiary alicyclic amines) is 1. The van der Waals surface area contributed by atoms with Gasteiger partial charge >= 0.3 is 5.97 Å². The van der Waals surface area contributed by atoms with Crippen LogP contribution in [0.5, 0.6) is 0 Å². The molecule has 3 fully saturated rings. The molecule has 2 bridgehead atoms. The maximum absolute atomic E-state index is 14.9. The molecule has 0 saturated carbocycles. The predicted molar refractivity (Wildman–Crippen MR) is 191 cm³/mol. The molecule has 268 valence electrons. The Hall–Kier alpha value is -3.99. The number of benzene rings is 2. The second-order valence-corrected chi connectivity index (χ2v) is 14.0. The smallest absolute Gasteiger partial charge is 0.313 e. The summed E-state index contributed by atoms with van der Waals surface area (Å²) in [6, 6.07) is 13.6. The van der Waals surface area contributed by atoms with E-state index in [4.69, 9.17) is 21.1 Å². The lowest BCUT2D eigenvalue weighted by Gasteiger charge is -2.40. The number of esters is 1. The summed E-state index contributed by atoms with van der Waals surface area (Å²) in [7, 11) is 0. The fourth-order valence-electron chi connectivity index (χ4n) is 7.97. The van der Waals surface area contributed by atoms with Gasteiger partial charge in [-0.05, 0) is 61.9 Å². The summed E-state index contributed by atoms with van der Waals surface area (Å²) in [5, 5.41) is 14.2. The van der Waals surface area contributed by atoms with Gasteiger partial charge in [0.25, 0.3) is 5.91 Å². The van der Waals surface area contributed by atoms with Gasteiger partial charge in [-0.25, -0.2) is 0 Å². The van der Waals surface area contributed by atoms with Crippen molar-refractivity contribution >= 4 is 41.0 Å². The Bertz CT molecular complexity index is 1570. The molecule has 3 heterocycles. The summed E-state index contributed by atoms with van der Waals surface area (Å²) in [5.41, 5.74) is -0.0696. The number of halogens is 1. The van der Waals surface area contributed by atoms with E-state index in [1.807, 2.05) is 44.2 Å². The maximum atomic E-state index is 14.9. The predicted octanol–water partition coefficient (Wildman–Crippen LogP) is 5.40. The highest BCUT2D eigenvalue weighted by atomic mass is 35.5. The van der Waals surface area contributed by atoms with Gasteiger partial charge in [-0.3, -0.25) is 19.2 Å². The molecule has 3 saturated heterocycles. The molecule has 1 spiro atoms. The largest absolute Gasteiger partial charge is 0.455 e. The average molecular weight is 706 g/mol. The normalized spacial score (nSPS) is 26.0. The van der Waals surface area contributed by atoms with Crippen LogP contribution in [-0.2, 0) is 28.7 Å². The second kappa shape index (κ2) is 15.9. The minimum Gasteiger partial charge on any atom is -0.455 e. The van der Waals surface area contributed by atoms with Gasteiger partial charge in [0.15, 0.2) is 0 Å². The molecule has 50 heavy (non-hydrogen) atoms. The monoisotopic (exact) mass is 705 g/mol. The van der Waals surface area contributed by atoms with Crippen molar-refractivity contribution in [2.45, 2.75) is 88.8 Å². The highest BCUT2D eigenvalue weighted by Gasteiger charge is 2.76. The van der Waals surface area contributed by atoms with Gasteiger partial charge in [0.2, 0.25) is 11.8 Å². The standard InChI is InChI=1S/C39H48ClN3O7/c1-6-9-15-31(45)41-25(5)34(26-13-11-10-12-14-26)49-38(48)32-30-20-21-39(50-30)33(32)36(46)43(29(23-44)24(4)8-3)35(39)37(47)42(22-7-2)28-18-16-27(40)17-19-28/h6-7,10-14,16-19,24-25,29-30,32-35,44H,1-2,8-9,15,20-23H2,3-5H3,(H,41,45)/t24-,25+,29-,30-,32+,33+,34+,35-,39+/m0/s1. The van der Waals surface area contributed by atoms with Gasteiger partial charge in [0, 0.05) is 23.7 Å². The molecule has 11 heteroatoms. The number of carbonyl (C=O) groups is 4. The number of rotatable bonds is 16. The van der Waals surface area contributed by atoms with Crippen molar-refractivity contribution < 1.29 is 33.8 Å². The summed E-state index contributed by atoms with van der Waals surface area (Å²) in [4.78, 5) is 59.7. The van der Waals surface area contributed by atoms with Crippen LogP contribution >= 0.6 is 11.6 Å². The molecule has 0 radical (unpaired) electrons. The second-order valence-electron chi connectivity index (χ2n) is 13.6. The minimum atomic E-state index is -1.32. The number of hydrogen-bond acceptors (Lipinski definition) is 7. The maximum Gasteiger partial charge on any atom is 0.313 e. The Morgan fingerprint density at radius 2 is 1.84 bits per heavy atom. The van der Waals surface area contributed by atoms with Crippen LogP contribution in [0, 0.1) is 17.8 Å². The van der Waals surface area contributed by atoms with Crippen molar-refractivity contribution in [1.29, 1.82) is 0 Å². The zero-order chi connectivity index (χ0) is 36.2. The number of ether oxygens (including phenoxy) is 2. The highest BCUT2D eigenvalue weighted by molar-refractivity contribution is 6.30. The Balaban J connectivity index is 1.52. The molecular weight excluding hydrogens is 658 g/mol. The summed E-state index contributed by atoms with van der Waals surface area (Å²) >= 11 is 6.17. The molecule has 3 aliphatic rings. The van der Waals surface area contributed by atoms with Crippen molar-refractivity contribution in [2.75, 3.05) is 18.1 Å². The lowest BCUT2D eigenvalue weighted by molar-refractivity contribution is -0.162. The molecule has 2 aromatic rings. The quantitative estimate of drug-likeness (QED) is 0.177. The number of aliphatic hydroxyl groups is 1. The first-order valence-electron chi connectivity index (χ1n) is 17.5. The zero-order valence-corrected chi connectivity index (χ0v) is 29.8. The van der Waals surface area contributed by atoms with Crippen molar-refractivity contribution in [2.24, 2.45) is 17.8 Å². The van der Waals surface area contributed by atoms with Crippen molar-refractivity contribution in [3.05, 3.63) is 90.5 Å². The fourth-order valence-corrected chi connectivity index (χ4v) is 8.10. The summed E-state index contributed by atoms with van der Waals surface area (Å²) < 4.78 is 12.9. The molecular formula is C39H48ClN3O7. The van der Waals surface area contributed by atoms with Crippen molar-refractivity contribution in [1.82, 2.24) is 10.2 Å². The highest BCUT2D eigenvalue weighted by Crippen LogP contribution is 2.59. The minimum absolute atomic E-state index is 0.150. The number of hydrogen-bond donors (Lipinski definition) is 2. The Labute approximate surface area is 299 Å². The summed E-state index contributed by atoms with van der Waals surface area (Å²) in [6.45, 7) is 13.0. The first-order chi connectivity index (χ1) is 24.0. The van der Waals surface area contributed by atoms with Crippen LogP contribution in [0.15, 0.2) is 79.9 Å². The number of fused-ring (bicyclic) bond motifs is 1. The van der Waals surface area contributed by atoms with Gasteiger partial charge in [-0.1, -0.05) is 74.4 Å². The van der Waals surface area contributed by atoms with Crippen LogP contribution in [0.4, 0.5) is 5.69 Å². The number of amides is 3. The van der Waals surface area contributed by atoms with Gasteiger partial charge < -0.3 is 29.7 Å². The van der Waals surface area contributed by atoms with Crippen LogP contribution in [0.1, 0.15) is 64.5 Å². The molecule has 10 nitrogen and oxygen atoms in total. The molecule has 3 amide bonds. The first-order valence-corrected chi connectivity index (χ1v) is 17.8. The van der Waals surface area contributed by atoms with Crippen LogP contribution in [0.2, 0.25) is 5.02 Å². The van der Waals surface area contributed by atoms with Crippen LogP contribution in [-0.4, -0.2) is 76.7 Å². The van der Waals surface area contributed by atoms with E-state index in [0.717, 1.165) is 0 Å². The van der Waals surface area contributed by atoms with Crippen LogP contribution < -0.4 is 10.2 Å². The number of carbonyl (C=O) groups excluding carboxylic acids is 4. The Kier molecular flexibility index (Phi) is 11.9. The summed E-state index contributed by atoms with van der Waals surface area (Å²) in [6.07, 6.45) is 3.99. The van der Waals surface area contributed by atoms with Gasteiger partial charge in [0.05, 0.1) is 36.6 Å². The zero-order valence-electron chi connectivity index (χ0n) is 29.0. The number of allylic oxidation sites excluding steroid dienone is 1. The van der Waals surface area contributed by atoms with Crippen molar-refractivity contribution in [3.63, 3.8) is 0 Å². The van der Waals surface area contributed by atoms with E-state index in [-0.39, 0.29) is 31.4 Å². The molecule has 3 aliphatic heterocycles. The molecule has 5 rings (SSSR count). The Morgan fingerprint density at radius 3 is 2.46 bits per heavy atom. The lowest BCUT2D eigenvalue weighted by Crippen LogP contribution is -2.60. The first kappa shape index (κ1) is 37.3. The molecule has 2 N–H and O–H groups in total. The van der Waals surface area contributed by atoms with E-state index in [0.29, 0.717) is 42.0 Å². The average Bonchev–Trinajstić information content (AvgIpc) is 3.76. The number of anilines is 1. The third kappa shape index (κ3) is 6.98. The van der Waals surface area contributed by atoms with E-state index in [2.05, 4.69) is 18.5 Å². The number of nitrogens with zero attached hydrogens (tertiary/aromatic N) is 2. The van der Waals surface area contributed by atoms with E-state index < -0.39 is 65.6 Å². The van der Waals surface area contributed by atoms with Crippen LogP contribution in [0.3, 0.4) is 0 Å². The topological polar surface area (TPSA) is 125 Å². The van der Waals surface area contributed by atoms with E-state index in [9.17, 15) is 24.3 Å². The number of nitrogens with one attached hydrogen (secondary N) is 1. The molecule has 9 atom stereocenters. The van der Waals surface area contributed by atoms with Gasteiger partial charge in [-0.2, -0.15) is 0 Å². The molecule has 0 aliphatic carbocycles. The molecule has 2 aromatic carbocycles. The third-order valence-corrected chi connectivity index (χ3v) is 10.8. The summed E-state index contributed by atoms with van der Waals surface area (Å²) in [5.74, 6) is -3.80. The van der Waals surface area contributed by atoms with Gasteiger partial charge in [-0.15, -0.1) is 13.2 Å². The number of aliphatic hydroxyl groups excluding tert-OH is 1. The molecule has 0 aromatic heterocycles. The van der Waals surface area contributed by atoms with E-state index in [1.54, 1.807) is 48.2 Å². The molecule has 0 unspecified atom stereocenters. The van der Waals surface area contributed by atoms with Crippen molar-refractivity contribution in [3.8, 4) is 0 Å². The SMILES string of the molecule is C=CCCC(=O)N[C@H](C)[C@@H](OC(=O)[C@@H]1[C@@H]2CC[C@]3(O2)[C@H](C(=O)N(CC=C)c2ccc(Cl)cc2)N([C@@H](CO)[C@@H](C)CC)C(=O)[C@@H]13)c1ccccc1. The van der Waals surface area contributed by atoms with E-state index in [1.165, 1.54) is 4.90 Å². The van der Waals surface area contributed by atoms with Crippen LogP contribution in [0.25, 0.3) is 0 Å².